The molecule has 0 saturated heterocycles. The molecule has 2 aromatic heterocycles. The van der Waals surface area contributed by atoms with Gasteiger partial charge in [0.05, 0.1) is 6.61 Å². The van der Waals surface area contributed by atoms with Crippen LogP contribution in [0.3, 0.4) is 0 Å². The Morgan fingerprint density at radius 1 is 1.00 bits per heavy atom. The first-order valence-corrected chi connectivity index (χ1v) is 10.6. The molecule has 32 heavy (non-hydrogen) atoms. The van der Waals surface area contributed by atoms with E-state index in [9.17, 15) is 4.79 Å². The molecule has 164 valence electrons. The van der Waals surface area contributed by atoms with Crippen molar-refractivity contribution in [1.29, 1.82) is 0 Å². The van der Waals surface area contributed by atoms with Gasteiger partial charge in [0.15, 0.2) is 0 Å². The maximum atomic E-state index is 12.5. The Morgan fingerprint density at radius 3 is 2.53 bits per heavy atom. The molecule has 4 aromatic rings. The minimum atomic E-state index is -0.0828. The lowest BCUT2D eigenvalue weighted by atomic mass is 10.2. The second kappa shape index (κ2) is 10.1. The fourth-order valence-electron chi connectivity index (χ4n) is 3.41. The van der Waals surface area contributed by atoms with E-state index in [2.05, 4.69) is 15.3 Å². The van der Waals surface area contributed by atoms with Crippen LogP contribution in [0.25, 0.3) is 11.0 Å². The van der Waals surface area contributed by atoms with Crippen molar-refractivity contribution in [3.05, 3.63) is 88.8 Å². The zero-order chi connectivity index (χ0) is 22.3. The summed E-state index contributed by atoms with van der Waals surface area (Å²) in [7, 11) is 4.00. The van der Waals surface area contributed by atoms with Crippen LogP contribution in [0, 0.1) is 0 Å². The Bertz CT molecular complexity index is 1220. The Kier molecular flexibility index (Phi) is 6.77. The highest BCUT2D eigenvalue weighted by molar-refractivity contribution is 5.75. The molecule has 4 rings (SSSR count). The summed E-state index contributed by atoms with van der Waals surface area (Å²) in [5.41, 5.74) is 3.66. The maximum absolute atomic E-state index is 12.5. The molecule has 2 aromatic carbocycles. The summed E-state index contributed by atoms with van der Waals surface area (Å²) in [4.78, 5) is 23.6. The predicted molar refractivity (Wildman–Crippen MR) is 129 cm³/mol. The van der Waals surface area contributed by atoms with Crippen molar-refractivity contribution >= 4 is 28.4 Å². The van der Waals surface area contributed by atoms with Crippen LogP contribution in [0.5, 0.6) is 0 Å². The van der Waals surface area contributed by atoms with E-state index in [-0.39, 0.29) is 5.56 Å². The van der Waals surface area contributed by atoms with Gasteiger partial charge in [0.25, 0.3) is 5.56 Å². The van der Waals surface area contributed by atoms with Crippen LogP contribution < -0.4 is 15.8 Å². The molecule has 7 heteroatoms. The molecule has 0 fully saturated rings. The number of pyridine rings is 1. The van der Waals surface area contributed by atoms with Crippen molar-refractivity contribution in [3.8, 4) is 0 Å². The standard InChI is InChI=1S/C25H27N5O2/c1-29(2)22-12-10-21(11-13-22)27-25-26-17-20-9-14-23(31)30(24(20)28-25)15-6-16-32-18-19-7-4-3-5-8-19/h3-5,7-14,17H,6,15-16,18H2,1-2H3,(H,26,27,28). The average Bonchev–Trinajstić information content (AvgIpc) is 2.81. The Morgan fingerprint density at radius 2 is 1.78 bits per heavy atom. The topological polar surface area (TPSA) is 72.3 Å². The molecule has 0 spiro atoms. The minimum Gasteiger partial charge on any atom is -0.378 e. The number of ether oxygens (including phenoxy) is 1. The summed E-state index contributed by atoms with van der Waals surface area (Å²) in [6, 6.07) is 21.4. The maximum Gasteiger partial charge on any atom is 0.252 e. The first-order chi connectivity index (χ1) is 15.6. The van der Waals surface area contributed by atoms with Crippen LogP contribution in [0.2, 0.25) is 0 Å². The number of rotatable bonds is 9. The van der Waals surface area contributed by atoms with E-state index in [1.807, 2.05) is 73.6 Å². The highest BCUT2D eigenvalue weighted by Gasteiger charge is 2.08. The first-order valence-electron chi connectivity index (χ1n) is 10.6. The third kappa shape index (κ3) is 5.31. The molecule has 0 saturated carbocycles. The van der Waals surface area contributed by atoms with Gasteiger partial charge in [0, 0.05) is 56.3 Å². The van der Waals surface area contributed by atoms with E-state index in [1.165, 1.54) is 0 Å². The molecule has 2 heterocycles. The largest absolute Gasteiger partial charge is 0.378 e. The Hall–Kier alpha value is -3.71. The van der Waals surface area contributed by atoms with Gasteiger partial charge < -0.3 is 15.0 Å². The van der Waals surface area contributed by atoms with Crippen molar-refractivity contribution in [2.45, 2.75) is 19.6 Å². The van der Waals surface area contributed by atoms with Gasteiger partial charge in [-0.25, -0.2) is 4.98 Å². The van der Waals surface area contributed by atoms with Crippen LogP contribution in [0.15, 0.2) is 77.7 Å². The first kappa shape index (κ1) is 21.5. The number of aromatic nitrogens is 3. The van der Waals surface area contributed by atoms with Crippen LogP contribution in [-0.2, 0) is 17.9 Å². The van der Waals surface area contributed by atoms with Crippen LogP contribution in [0.1, 0.15) is 12.0 Å². The number of benzene rings is 2. The van der Waals surface area contributed by atoms with E-state index in [0.717, 1.165) is 22.3 Å². The van der Waals surface area contributed by atoms with Gasteiger partial charge in [-0.15, -0.1) is 0 Å². The average molecular weight is 430 g/mol. The Balaban J connectivity index is 1.44. The normalized spacial score (nSPS) is 10.9. The molecule has 7 nitrogen and oxygen atoms in total. The van der Waals surface area contributed by atoms with Crippen LogP contribution in [-0.4, -0.2) is 35.2 Å². The van der Waals surface area contributed by atoms with Crippen molar-refractivity contribution < 1.29 is 4.74 Å². The molecule has 0 amide bonds. The quantitative estimate of drug-likeness (QED) is 0.402. The van der Waals surface area contributed by atoms with Gasteiger partial charge in [-0.3, -0.25) is 9.36 Å². The third-order valence-electron chi connectivity index (χ3n) is 5.14. The SMILES string of the molecule is CN(C)c1ccc(Nc2ncc3ccc(=O)n(CCCOCc4ccccc4)c3n2)cc1. The van der Waals surface area contributed by atoms with Gasteiger partial charge in [-0.1, -0.05) is 30.3 Å². The lowest BCUT2D eigenvalue weighted by Crippen LogP contribution is -2.21. The van der Waals surface area contributed by atoms with Gasteiger partial charge in [-0.2, -0.15) is 4.98 Å². The van der Waals surface area contributed by atoms with E-state index in [1.54, 1.807) is 22.9 Å². The predicted octanol–water partition coefficient (Wildman–Crippen LogP) is 4.21. The molecule has 0 radical (unpaired) electrons. The van der Waals surface area contributed by atoms with E-state index < -0.39 is 0 Å². The van der Waals surface area contributed by atoms with Gasteiger partial charge in [-0.05, 0) is 42.3 Å². The molecule has 1 N–H and O–H groups in total. The zero-order valence-corrected chi connectivity index (χ0v) is 18.4. The zero-order valence-electron chi connectivity index (χ0n) is 18.4. The van der Waals surface area contributed by atoms with Crippen LogP contribution >= 0.6 is 0 Å². The fourth-order valence-corrected chi connectivity index (χ4v) is 3.41. The second-order valence-electron chi connectivity index (χ2n) is 7.75. The molecule has 0 aliphatic carbocycles. The number of fused-ring (bicyclic) bond motifs is 1. The third-order valence-corrected chi connectivity index (χ3v) is 5.14. The van der Waals surface area contributed by atoms with Crippen molar-refractivity contribution in [2.75, 3.05) is 30.9 Å². The summed E-state index contributed by atoms with van der Waals surface area (Å²) < 4.78 is 7.44. The van der Waals surface area contributed by atoms with Crippen molar-refractivity contribution in [2.24, 2.45) is 0 Å². The number of nitrogens with one attached hydrogen (secondary N) is 1. The molecule has 0 aliphatic rings. The monoisotopic (exact) mass is 429 g/mol. The fraction of sp³-hybridized carbons (Fsp3) is 0.240. The van der Waals surface area contributed by atoms with Gasteiger partial charge in [0.1, 0.15) is 5.65 Å². The van der Waals surface area contributed by atoms with Gasteiger partial charge in [0.2, 0.25) is 5.95 Å². The summed E-state index contributed by atoms with van der Waals surface area (Å²) in [6.07, 6.45) is 2.45. The van der Waals surface area contributed by atoms with Crippen LogP contribution in [0.4, 0.5) is 17.3 Å². The van der Waals surface area contributed by atoms with Crippen molar-refractivity contribution in [3.63, 3.8) is 0 Å². The molecular weight excluding hydrogens is 402 g/mol. The highest BCUT2D eigenvalue weighted by Crippen LogP contribution is 2.19. The van der Waals surface area contributed by atoms with E-state index in [4.69, 9.17) is 4.74 Å². The lowest BCUT2D eigenvalue weighted by molar-refractivity contribution is 0.115. The number of nitrogens with zero attached hydrogens (tertiary/aromatic N) is 4. The number of anilines is 3. The molecular formula is C25H27N5O2. The smallest absolute Gasteiger partial charge is 0.252 e. The number of hydrogen-bond acceptors (Lipinski definition) is 6. The molecule has 0 atom stereocenters. The lowest BCUT2D eigenvalue weighted by Gasteiger charge is -2.13. The Labute approximate surface area is 187 Å². The van der Waals surface area contributed by atoms with E-state index in [0.29, 0.717) is 37.8 Å². The second-order valence-corrected chi connectivity index (χ2v) is 7.75. The number of hydrogen-bond donors (Lipinski definition) is 1. The number of aryl methyl sites for hydroxylation is 1. The minimum absolute atomic E-state index is 0.0828. The molecule has 0 aliphatic heterocycles. The molecule has 0 bridgehead atoms. The summed E-state index contributed by atoms with van der Waals surface area (Å²) in [5.74, 6) is 0.454. The highest BCUT2D eigenvalue weighted by atomic mass is 16.5. The van der Waals surface area contributed by atoms with Gasteiger partial charge >= 0.3 is 0 Å². The molecule has 0 unspecified atom stereocenters. The summed E-state index contributed by atoms with van der Waals surface area (Å²) in [5, 5.41) is 4.05. The summed E-state index contributed by atoms with van der Waals surface area (Å²) in [6.45, 7) is 1.65. The van der Waals surface area contributed by atoms with E-state index >= 15 is 0 Å². The summed E-state index contributed by atoms with van der Waals surface area (Å²) >= 11 is 0. The van der Waals surface area contributed by atoms with Crippen molar-refractivity contribution in [1.82, 2.24) is 14.5 Å².